The molecular formula is C10H8N2O. The lowest BCUT2D eigenvalue weighted by Crippen LogP contribution is -1.89. The highest BCUT2D eigenvalue weighted by Crippen LogP contribution is 2.38. The summed E-state index contributed by atoms with van der Waals surface area (Å²) < 4.78 is 1.81. The van der Waals surface area contributed by atoms with Crippen molar-refractivity contribution in [2.24, 2.45) is 4.99 Å². The zero-order valence-corrected chi connectivity index (χ0v) is 6.94. The summed E-state index contributed by atoms with van der Waals surface area (Å²) in [5.74, 6) is 1.19. The summed E-state index contributed by atoms with van der Waals surface area (Å²) in [5, 5.41) is 11.7. The average Bonchev–Trinajstić information content (AvgIpc) is 2.72. The maximum Gasteiger partial charge on any atom is 0.201 e. The molecule has 3 heteroatoms. The van der Waals surface area contributed by atoms with Gasteiger partial charge in [0.05, 0.1) is 6.54 Å². The van der Waals surface area contributed by atoms with E-state index in [9.17, 15) is 5.11 Å². The van der Waals surface area contributed by atoms with Crippen LogP contribution < -0.4 is 0 Å². The second-order valence-electron chi connectivity index (χ2n) is 3.12. The number of fused-ring (bicyclic) bond motifs is 3. The molecule has 1 aromatic carbocycles. The van der Waals surface area contributed by atoms with Crippen molar-refractivity contribution >= 4 is 22.8 Å². The number of aliphatic imine (C=N–C) groups is 1. The predicted molar refractivity (Wildman–Crippen MR) is 51.8 cm³/mol. The Bertz CT molecular complexity index is 511. The molecule has 0 fully saturated rings. The van der Waals surface area contributed by atoms with E-state index in [-0.39, 0.29) is 0 Å². The number of hydrogen-bond donors (Lipinski definition) is 1. The Labute approximate surface area is 74.9 Å². The fraction of sp³-hybridized carbons (Fsp3) is 0.100. The van der Waals surface area contributed by atoms with E-state index < -0.39 is 0 Å². The van der Waals surface area contributed by atoms with E-state index in [1.165, 1.54) is 0 Å². The van der Waals surface area contributed by atoms with Crippen LogP contribution in [-0.2, 0) is 6.54 Å². The highest BCUT2D eigenvalue weighted by atomic mass is 16.3. The summed E-state index contributed by atoms with van der Waals surface area (Å²) in [6, 6.07) is 7.76. The smallest absolute Gasteiger partial charge is 0.201 e. The van der Waals surface area contributed by atoms with Gasteiger partial charge < -0.3 is 5.11 Å². The van der Waals surface area contributed by atoms with Crippen LogP contribution in [0.25, 0.3) is 10.8 Å². The van der Waals surface area contributed by atoms with Gasteiger partial charge in [-0.3, -0.25) is 4.57 Å². The number of hydrogen-bond acceptors (Lipinski definition) is 2. The first-order valence-electron chi connectivity index (χ1n) is 4.20. The van der Waals surface area contributed by atoms with Gasteiger partial charge in [-0.1, -0.05) is 18.2 Å². The summed E-state index contributed by atoms with van der Waals surface area (Å²) in [7, 11) is 0. The molecular weight excluding hydrogens is 164 g/mol. The van der Waals surface area contributed by atoms with Gasteiger partial charge in [-0.05, 0) is 6.07 Å². The summed E-state index contributed by atoms with van der Waals surface area (Å²) in [5.41, 5.74) is 0. The van der Waals surface area contributed by atoms with Crippen LogP contribution in [-0.4, -0.2) is 15.9 Å². The first-order chi connectivity index (χ1) is 6.38. The number of aromatic hydroxyl groups is 1. The minimum atomic E-state index is 0.322. The van der Waals surface area contributed by atoms with Crippen LogP contribution in [0.1, 0.15) is 0 Å². The molecule has 1 N–H and O–H groups in total. The molecule has 0 unspecified atom stereocenters. The van der Waals surface area contributed by atoms with Crippen molar-refractivity contribution in [1.29, 1.82) is 0 Å². The summed E-state index contributed by atoms with van der Waals surface area (Å²) >= 11 is 0. The van der Waals surface area contributed by atoms with E-state index in [0.29, 0.717) is 12.4 Å². The topological polar surface area (TPSA) is 37.5 Å². The molecule has 0 radical (unpaired) electrons. The molecule has 0 bridgehead atoms. The Morgan fingerprint density at radius 3 is 2.85 bits per heavy atom. The van der Waals surface area contributed by atoms with Crippen molar-refractivity contribution in [2.45, 2.75) is 6.54 Å². The second-order valence-corrected chi connectivity index (χ2v) is 3.12. The van der Waals surface area contributed by atoms with Crippen LogP contribution >= 0.6 is 0 Å². The Hall–Kier alpha value is -1.77. The number of rotatable bonds is 0. The molecule has 1 aliphatic rings. The van der Waals surface area contributed by atoms with Crippen molar-refractivity contribution in [1.82, 2.24) is 4.57 Å². The Balaban J connectivity index is 2.55. The van der Waals surface area contributed by atoms with E-state index in [0.717, 1.165) is 16.6 Å². The second kappa shape index (κ2) is 2.13. The van der Waals surface area contributed by atoms with Gasteiger partial charge in [0.15, 0.2) is 0 Å². The molecule has 0 atom stereocenters. The molecule has 1 aromatic heterocycles. The van der Waals surface area contributed by atoms with Crippen molar-refractivity contribution in [3.63, 3.8) is 0 Å². The van der Waals surface area contributed by atoms with Crippen molar-refractivity contribution in [3.05, 3.63) is 24.3 Å². The maximum atomic E-state index is 9.79. The Kier molecular flexibility index (Phi) is 1.10. The first-order valence-corrected chi connectivity index (χ1v) is 4.20. The fourth-order valence-electron chi connectivity index (χ4n) is 1.79. The average molecular weight is 172 g/mol. The van der Waals surface area contributed by atoms with Crippen molar-refractivity contribution in [3.8, 4) is 5.88 Å². The molecule has 1 aliphatic heterocycles. The Morgan fingerprint density at radius 1 is 1.23 bits per heavy atom. The number of nitrogens with zero attached hydrogens (tertiary/aromatic N) is 2. The van der Waals surface area contributed by atoms with Gasteiger partial charge in [-0.15, -0.1) is 0 Å². The van der Waals surface area contributed by atoms with Crippen molar-refractivity contribution < 1.29 is 5.11 Å². The molecule has 3 nitrogen and oxygen atoms in total. The molecule has 0 spiro atoms. The van der Waals surface area contributed by atoms with Gasteiger partial charge in [0.1, 0.15) is 5.82 Å². The molecule has 0 saturated heterocycles. The van der Waals surface area contributed by atoms with Crippen LogP contribution in [0.15, 0.2) is 29.3 Å². The van der Waals surface area contributed by atoms with Crippen LogP contribution in [0.3, 0.4) is 0 Å². The van der Waals surface area contributed by atoms with Gasteiger partial charge >= 0.3 is 0 Å². The lowest BCUT2D eigenvalue weighted by molar-refractivity contribution is 0.437. The maximum absolute atomic E-state index is 9.79. The molecule has 2 heterocycles. The lowest BCUT2D eigenvalue weighted by atomic mass is 10.2. The van der Waals surface area contributed by atoms with E-state index in [4.69, 9.17) is 0 Å². The van der Waals surface area contributed by atoms with E-state index in [1.54, 1.807) is 0 Å². The van der Waals surface area contributed by atoms with Gasteiger partial charge in [0.2, 0.25) is 5.88 Å². The van der Waals surface area contributed by atoms with E-state index in [1.807, 2.05) is 35.0 Å². The van der Waals surface area contributed by atoms with Gasteiger partial charge in [0.25, 0.3) is 0 Å². The summed E-state index contributed by atoms with van der Waals surface area (Å²) in [4.78, 5) is 4.23. The highest BCUT2D eigenvalue weighted by Gasteiger charge is 2.16. The molecule has 0 saturated carbocycles. The quantitative estimate of drug-likeness (QED) is 0.648. The summed E-state index contributed by atoms with van der Waals surface area (Å²) in [6.07, 6.45) is 1.81. The third kappa shape index (κ3) is 0.710. The first kappa shape index (κ1) is 6.71. The zero-order chi connectivity index (χ0) is 8.84. The normalized spacial score (nSPS) is 13.8. The molecule has 64 valence electrons. The van der Waals surface area contributed by atoms with Gasteiger partial charge in [0, 0.05) is 17.0 Å². The van der Waals surface area contributed by atoms with E-state index in [2.05, 4.69) is 4.99 Å². The fourth-order valence-corrected chi connectivity index (χ4v) is 1.79. The van der Waals surface area contributed by atoms with Crippen LogP contribution in [0.5, 0.6) is 5.88 Å². The third-order valence-electron chi connectivity index (χ3n) is 2.40. The Morgan fingerprint density at radius 2 is 2.00 bits per heavy atom. The third-order valence-corrected chi connectivity index (χ3v) is 2.40. The highest BCUT2D eigenvalue weighted by molar-refractivity contribution is 5.99. The van der Waals surface area contributed by atoms with Crippen LogP contribution in [0, 0.1) is 0 Å². The molecule has 0 amide bonds. The minimum Gasteiger partial charge on any atom is -0.494 e. The predicted octanol–water partition coefficient (Wildman–Crippen LogP) is 2.06. The SMILES string of the molecule is Oc1c2ccccc2c2n1CC=N2. The molecule has 2 aromatic rings. The van der Waals surface area contributed by atoms with E-state index >= 15 is 0 Å². The molecule has 3 rings (SSSR count). The van der Waals surface area contributed by atoms with Crippen LogP contribution in [0.4, 0.5) is 5.82 Å². The van der Waals surface area contributed by atoms with Gasteiger partial charge in [-0.25, -0.2) is 4.99 Å². The largest absolute Gasteiger partial charge is 0.494 e. The number of benzene rings is 1. The minimum absolute atomic E-state index is 0.322. The standard InChI is InChI=1S/C10H8N2O/c13-10-8-4-2-1-3-7(8)9-11-5-6-12(9)10/h1-5,13H,6H2. The summed E-state index contributed by atoms with van der Waals surface area (Å²) in [6.45, 7) is 0.676. The monoisotopic (exact) mass is 172 g/mol. The van der Waals surface area contributed by atoms with Crippen molar-refractivity contribution in [2.75, 3.05) is 0 Å². The molecule has 0 aliphatic carbocycles. The lowest BCUT2D eigenvalue weighted by Gasteiger charge is -1.95. The molecule has 13 heavy (non-hydrogen) atoms. The number of aromatic nitrogens is 1. The van der Waals surface area contributed by atoms with Gasteiger partial charge in [-0.2, -0.15) is 0 Å². The zero-order valence-electron chi connectivity index (χ0n) is 6.94. The van der Waals surface area contributed by atoms with Crippen LogP contribution in [0.2, 0.25) is 0 Å².